The molecule has 8 heteroatoms. The van der Waals surface area contributed by atoms with E-state index in [2.05, 4.69) is 21.5 Å². The number of tetrazole rings is 1. The van der Waals surface area contributed by atoms with Gasteiger partial charge in [0.15, 0.2) is 11.6 Å². The largest absolute Gasteiger partial charge is 0.507 e. The van der Waals surface area contributed by atoms with Gasteiger partial charge in [-0.25, -0.2) is 0 Å². The molecule has 0 aliphatic heterocycles. The number of hydrogen-bond acceptors (Lipinski definition) is 7. The summed E-state index contributed by atoms with van der Waals surface area (Å²) in [6, 6.07) is 5.51. The van der Waals surface area contributed by atoms with Gasteiger partial charge < -0.3 is 9.84 Å². The van der Waals surface area contributed by atoms with Crippen molar-refractivity contribution in [2.45, 2.75) is 71.8 Å². The van der Waals surface area contributed by atoms with Crippen LogP contribution < -0.4 is 4.74 Å². The van der Waals surface area contributed by atoms with Gasteiger partial charge in [0.1, 0.15) is 11.5 Å². The third-order valence-corrected chi connectivity index (χ3v) is 4.56. The number of rotatable bonds is 13. The molecule has 0 atom stereocenters. The van der Waals surface area contributed by atoms with E-state index in [9.17, 15) is 9.90 Å². The highest BCUT2D eigenvalue weighted by Gasteiger charge is 2.15. The Morgan fingerprint density at radius 1 is 1.24 bits per heavy atom. The minimum Gasteiger partial charge on any atom is -0.507 e. The summed E-state index contributed by atoms with van der Waals surface area (Å²) in [5.41, 5.74) is 1.03. The van der Waals surface area contributed by atoms with Gasteiger partial charge in [-0.3, -0.25) is 4.79 Å². The van der Waals surface area contributed by atoms with Gasteiger partial charge in [-0.15, -0.1) is 10.2 Å². The first-order chi connectivity index (χ1) is 14.1. The third-order valence-electron chi connectivity index (χ3n) is 4.56. The monoisotopic (exact) mass is 399 g/mol. The van der Waals surface area contributed by atoms with Gasteiger partial charge in [-0.2, -0.15) is 10.1 Å². The van der Waals surface area contributed by atoms with Gasteiger partial charge in [-0.1, -0.05) is 13.3 Å². The van der Waals surface area contributed by atoms with Crippen molar-refractivity contribution in [2.24, 2.45) is 0 Å². The molecule has 0 spiro atoms. The van der Waals surface area contributed by atoms with Crippen LogP contribution in [0.1, 0.15) is 74.1 Å². The van der Waals surface area contributed by atoms with E-state index >= 15 is 0 Å². The van der Waals surface area contributed by atoms with E-state index in [1.165, 1.54) is 6.92 Å². The number of benzene rings is 1. The van der Waals surface area contributed by atoms with Crippen molar-refractivity contribution in [3.05, 3.63) is 29.1 Å². The Kier molecular flexibility index (Phi) is 9.09. The molecule has 1 N–H and O–H groups in total. The Morgan fingerprint density at radius 3 is 2.79 bits per heavy atom. The number of carbonyl (C=O) groups excluding carboxylic acids is 1. The topological polar surface area (TPSA) is 114 Å². The Hall–Kier alpha value is -2.95. The molecule has 2 rings (SSSR count). The summed E-state index contributed by atoms with van der Waals surface area (Å²) in [6.07, 6.45) is 6.17. The Labute approximate surface area is 171 Å². The second-order valence-corrected chi connectivity index (χ2v) is 6.97. The molecular weight excluding hydrogens is 370 g/mol. The number of phenolic OH excluding ortho intramolecular Hbond substituents is 1. The molecule has 0 aliphatic carbocycles. The quantitative estimate of drug-likeness (QED) is 0.404. The van der Waals surface area contributed by atoms with Crippen LogP contribution >= 0.6 is 0 Å². The number of aryl methyl sites for hydroxylation is 2. The lowest BCUT2D eigenvalue weighted by Crippen LogP contribution is -2.04. The van der Waals surface area contributed by atoms with E-state index in [1.807, 2.05) is 6.92 Å². The molecule has 0 aliphatic rings. The summed E-state index contributed by atoms with van der Waals surface area (Å²) in [5, 5.41) is 31.3. The first kappa shape index (κ1) is 22.3. The molecule has 0 fully saturated rings. The van der Waals surface area contributed by atoms with Crippen molar-refractivity contribution in [3.8, 4) is 17.6 Å². The number of Topliss-reactive ketones (excluding diaryl/α,β-unsaturated/α-hetero) is 1. The molecule has 0 amide bonds. The van der Waals surface area contributed by atoms with Crippen molar-refractivity contribution in [2.75, 3.05) is 6.61 Å². The van der Waals surface area contributed by atoms with Gasteiger partial charge in [0, 0.05) is 18.4 Å². The highest BCUT2D eigenvalue weighted by molar-refractivity contribution is 5.97. The van der Waals surface area contributed by atoms with E-state index in [4.69, 9.17) is 10.00 Å². The molecule has 8 nitrogen and oxygen atoms in total. The molecule has 0 saturated heterocycles. The zero-order valence-corrected chi connectivity index (χ0v) is 17.2. The van der Waals surface area contributed by atoms with Crippen LogP contribution in [0.2, 0.25) is 0 Å². The summed E-state index contributed by atoms with van der Waals surface area (Å²) in [6.45, 7) is 4.66. The van der Waals surface area contributed by atoms with E-state index < -0.39 is 0 Å². The lowest BCUT2D eigenvalue weighted by molar-refractivity contribution is 0.101. The summed E-state index contributed by atoms with van der Waals surface area (Å²) in [4.78, 5) is 13.2. The van der Waals surface area contributed by atoms with Crippen molar-refractivity contribution in [3.63, 3.8) is 0 Å². The molecule has 0 radical (unpaired) electrons. The number of nitrogens with zero attached hydrogens (tertiary/aromatic N) is 5. The van der Waals surface area contributed by atoms with Crippen LogP contribution in [0, 0.1) is 11.3 Å². The lowest BCUT2D eigenvalue weighted by Gasteiger charge is -2.14. The summed E-state index contributed by atoms with van der Waals surface area (Å²) < 4.78 is 5.87. The molecule has 0 saturated carbocycles. The van der Waals surface area contributed by atoms with Gasteiger partial charge in [0.25, 0.3) is 0 Å². The van der Waals surface area contributed by atoms with E-state index in [0.29, 0.717) is 48.7 Å². The minimum absolute atomic E-state index is 0.0347. The molecule has 1 aromatic heterocycles. The summed E-state index contributed by atoms with van der Waals surface area (Å²) in [7, 11) is 0. The number of ether oxygens (including phenoxy) is 1. The van der Waals surface area contributed by atoms with Crippen LogP contribution in [0.25, 0.3) is 0 Å². The number of carbonyl (C=O) groups is 1. The van der Waals surface area contributed by atoms with Gasteiger partial charge in [0.2, 0.25) is 0 Å². The molecule has 2 aromatic rings. The van der Waals surface area contributed by atoms with Crippen LogP contribution in [0.5, 0.6) is 11.5 Å². The van der Waals surface area contributed by atoms with Crippen molar-refractivity contribution in [1.29, 1.82) is 5.26 Å². The van der Waals surface area contributed by atoms with Crippen LogP contribution in [0.3, 0.4) is 0 Å². The number of ketones is 1. The first-order valence-electron chi connectivity index (χ1n) is 10.2. The molecule has 0 unspecified atom stereocenters. The second kappa shape index (κ2) is 11.8. The summed E-state index contributed by atoms with van der Waals surface area (Å²) >= 11 is 0. The van der Waals surface area contributed by atoms with Crippen LogP contribution in [0.4, 0.5) is 0 Å². The fraction of sp³-hybridized carbons (Fsp3) is 0.571. The number of hydrogen-bond donors (Lipinski definition) is 1. The molecular formula is C21H29N5O3. The van der Waals surface area contributed by atoms with Crippen molar-refractivity contribution < 1.29 is 14.6 Å². The van der Waals surface area contributed by atoms with Gasteiger partial charge in [0.05, 0.1) is 24.8 Å². The normalized spacial score (nSPS) is 10.7. The Balaban J connectivity index is 1.78. The molecule has 1 heterocycles. The predicted octanol–water partition coefficient (Wildman–Crippen LogP) is 3.63. The fourth-order valence-electron chi connectivity index (χ4n) is 3.02. The molecule has 29 heavy (non-hydrogen) atoms. The number of aromatic nitrogens is 4. The average Bonchev–Trinajstić information content (AvgIpc) is 3.15. The van der Waals surface area contributed by atoms with Crippen molar-refractivity contribution in [1.82, 2.24) is 20.2 Å². The third kappa shape index (κ3) is 6.86. The van der Waals surface area contributed by atoms with E-state index in [0.717, 1.165) is 38.5 Å². The number of aromatic hydroxyl groups is 1. The van der Waals surface area contributed by atoms with Crippen molar-refractivity contribution >= 4 is 5.78 Å². The zero-order chi connectivity index (χ0) is 21.1. The first-order valence-corrected chi connectivity index (χ1v) is 10.2. The standard InChI is InChI=1S/C21H29N5O3/c1-3-9-18-19(12-11-17(16(2)27)21(18)28)29-15-8-5-10-20-23-25-26(24-20)14-7-4-6-13-22/h11-12,28H,3-10,14-15H2,1-2H3. The molecule has 156 valence electrons. The highest BCUT2D eigenvalue weighted by Crippen LogP contribution is 2.33. The van der Waals surface area contributed by atoms with Gasteiger partial charge in [-0.05, 0) is 56.4 Å². The van der Waals surface area contributed by atoms with E-state index in [1.54, 1.807) is 16.9 Å². The Morgan fingerprint density at radius 2 is 2.07 bits per heavy atom. The second-order valence-electron chi connectivity index (χ2n) is 6.97. The highest BCUT2D eigenvalue weighted by atomic mass is 16.5. The lowest BCUT2D eigenvalue weighted by atomic mass is 10.0. The number of unbranched alkanes of at least 4 members (excludes halogenated alkanes) is 3. The zero-order valence-electron chi connectivity index (χ0n) is 17.2. The van der Waals surface area contributed by atoms with Crippen LogP contribution in [-0.4, -0.2) is 37.7 Å². The maximum atomic E-state index is 11.6. The predicted molar refractivity (Wildman–Crippen MR) is 108 cm³/mol. The van der Waals surface area contributed by atoms with Crippen LogP contribution in [-0.2, 0) is 19.4 Å². The maximum Gasteiger partial charge on any atom is 0.174 e. The minimum atomic E-state index is -0.156. The number of phenols is 1. The number of nitriles is 1. The Bertz CT molecular complexity index is 841. The van der Waals surface area contributed by atoms with Crippen LogP contribution in [0.15, 0.2) is 12.1 Å². The van der Waals surface area contributed by atoms with Gasteiger partial charge >= 0.3 is 0 Å². The SMILES string of the molecule is CCCc1c(OCCCCc2nnn(CCCCC#N)n2)ccc(C(C)=O)c1O. The van der Waals surface area contributed by atoms with E-state index in [-0.39, 0.29) is 11.5 Å². The molecule has 1 aromatic carbocycles. The average molecular weight is 399 g/mol. The summed E-state index contributed by atoms with van der Waals surface area (Å²) in [5.74, 6) is 1.22. The fourth-order valence-corrected chi connectivity index (χ4v) is 3.02. The smallest absolute Gasteiger partial charge is 0.174 e. The molecule has 0 bridgehead atoms. The maximum absolute atomic E-state index is 11.6.